The molecule has 0 spiro atoms. The fourth-order valence-corrected chi connectivity index (χ4v) is 4.23. The second kappa shape index (κ2) is 11.6. The number of carbonyl (C=O) groups excluding carboxylic acids is 2. The van der Waals surface area contributed by atoms with Crippen molar-refractivity contribution >= 4 is 17.8 Å². The summed E-state index contributed by atoms with van der Waals surface area (Å²) in [7, 11) is 0. The van der Waals surface area contributed by atoms with Crippen LogP contribution >= 0.6 is 0 Å². The van der Waals surface area contributed by atoms with Gasteiger partial charge in [0.15, 0.2) is 11.5 Å². The molecule has 4 aromatic rings. The SMILES string of the molecule is C=CCN(CC(=O)Nc1nc(-c2ccccc2)cn1-c1cccc(OCC)c1)C(=O)c1ccc2c(c1)OCO2. The highest BCUT2D eigenvalue weighted by molar-refractivity contribution is 5.99. The third-order valence-electron chi connectivity index (χ3n) is 6.02. The molecule has 1 N–H and O–H groups in total. The summed E-state index contributed by atoms with van der Waals surface area (Å²) in [4.78, 5) is 32.6. The number of anilines is 1. The average Bonchev–Trinajstić information content (AvgIpc) is 3.60. The Morgan fingerprint density at radius 2 is 1.90 bits per heavy atom. The van der Waals surface area contributed by atoms with E-state index in [9.17, 15) is 9.59 Å². The van der Waals surface area contributed by atoms with Crippen LogP contribution in [0.5, 0.6) is 17.2 Å². The lowest BCUT2D eigenvalue weighted by Gasteiger charge is -2.21. The normalized spacial score (nSPS) is 11.6. The molecule has 2 heterocycles. The summed E-state index contributed by atoms with van der Waals surface area (Å²) in [6.45, 7) is 6.28. The first-order valence-electron chi connectivity index (χ1n) is 12.5. The van der Waals surface area contributed by atoms with Gasteiger partial charge < -0.3 is 19.1 Å². The Morgan fingerprint density at radius 3 is 2.69 bits per heavy atom. The Balaban J connectivity index is 1.40. The van der Waals surface area contributed by atoms with E-state index >= 15 is 0 Å². The largest absolute Gasteiger partial charge is 0.494 e. The molecule has 5 rings (SSSR count). The second-order valence-corrected chi connectivity index (χ2v) is 8.71. The average molecular weight is 525 g/mol. The number of nitrogens with one attached hydrogen (secondary N) is 1. The van der Waals surface area contributed by atoms with Crippen molar-refractivity contribution in [3.63, 3.8) is 0 Å². The molecule has 0 aliphatic carbocycles. The number of hydrogen-bond donors (Lipinski definition) is 1. The first kappa shape index (κ1) is 25.6. The molecule has 0 bridgehead atoms. The van der Waals surface area contributed by atoms with Crippen LogP contribution in [0.1, 0.15) is 17.3 Å². The van der Waals surface area contributed by atoms with E-state index in [1.165, 1.54) is 4.90 Å². The lowest BCUT2D eigenvalue weighted by Crippen LogP contribution is -2.38. The number of fused-ring (bicyclic) bond motifs is 1. The van der Waals surface area contributed by atoms with E-state index in [0.717, 1.165) is 11.3 Å². The number of amides is 2. The highest BCUT2D eigenvalue weighted by Gasteiger charge is 2.23. The van der Waals surface area contributed by atoms with Gasteiger partial charge in [0.05, 0.1) is 18.0 Å². The molecule has 1 aliphatic heterocycles. The standard InChI is InChI=1S/C30H28N4O5/c1-3-15-33(29(36)22-13-14-26-27(16-22)39-20-38-26)19-28(35)32-30-31-25(21-9-6-5-7-10-21)18-34(30)23-11-8-12-24(17-23)37-4-2/h3,5-14,16-18H,1,4,15,19-20H2,2H3,(H,31,32,35). The number of hydrogen-bond acceptors (Lipinski definition) is 6. The van der Waals surface area contributed by atoms with Crippen molar-refractivity contribution in [1.82, 2.24) is 14.5 Å². The summed E-state index contributed by atoms with van der Waals surface area (Å²) in [5.74, 6) is 1.36. The number of ether oxygens (including phenoxy) is 3. The summed E-state index contributed by atoms with van der Waals surface area (Å²) in [6.07, 6.45) is 3.43. The summed E-state index contributed by atoms with van der Waals surface area (Å²) in [5, 5.41) is 2.89. The summed E-state index contributed by atoms with van der Waals surface area (Å²) in [6, 6.07) is 22.2. The van der Waals surface area contributed by atoms with Crippen LogP contribution in [0.2, 0.25) is 0 Å². The molecular weight excluding hydrogens is 496 g/mol. The Morgan fingerprint density at radius 1 is 1.08 bits per heavy atom. The lowest BCUT2D eigenvalue weighted by atomic mass is 10.1. The number of nitrogens with zero attached hydrogens (tertiary/aromatic N) is 3. The van der Waals surface area contributed by atoms with Crippen LogP contribution in [0.4, 0.5) is 5.95 Å². The summed E-state index contributed by atoms with van der Waals surface area (Å²) < 4.78 is 18.2. The minimum Gasteiger partial charge on any atom is -0.494 e. The highest BCUT2D eigenvalue weighted by atomic mass is 16.7. The quantitative estimate of drug-likeness (QED) is 0.296. The minimum absolute atomic E-state index is 0.108. The zero-order chi connectivity index (χ0) is 27.2. The topological polar surface area (TPSA) is 94.9 Å². The molecule has 0 saturated heterocycles. The molecule has 1 aliphatic rings. The van der Waals surface area contributed by atoms with Gasteiger partial charge in [-0.1, -0.05) is 42.5 Å². The maximum Gasteiger partial charge on any atom is 0.254 e. The Bertz CT molecular complexity index is 1500. The molecule has 9 heteroatoms. The van der Waals surface area contributed by atoms with Crippen LogP contribution in [0, 0.1) is 0 Å². The molecule has 0 fully saturated rings. The highest BCUT2D eigenvalue weighted by Crippen LogP contribution is 2.33. The van der Waals surface area contributed by atoms with Crippen molar-refractivity contribution in [2.45, 2.75) is 6.92 Å². The summed E-state index contributed by atoms with van der Waals surface area (Å²) >= 11 is 0. The fraction of sp³-hybridized carbons (Fsp3) is 0.167. The van der Waals surface area contributed by atoms with Gasteiger partial charge >= 0.3 is 0 Å². The van der Waals surface area contributed by atoms with Gasteiger partial charge in [0.2, 0.25) is 18.6 Å². The number of rotatable bonds is 10. The number of carbonyl (C=O) groups is 2. The van der Waals surface area contributed by atoms with E-state index in [1.54, 1.807) is 28.8 Å². The van der Waals surface area contributed by atoms with Gasteiger partial charge in [-0.05, 0) is 37.3 Å². The van der Waals surface area contributed by atoms with E-state index in [-0.39, 0.29) is 25.8 Å². The van der Waals surface area contributed by atoms with Gasteiger partial charge in [0, 0.05) is 29.9 Å². The molecule has 3 aromatic carbocycles. The van der Waals surface area contributed by atoms with Gasteiger partial charge in [-0.3, -0.25) is 19.5 Å². The van der Waals surface area contributed by atoms with Crippen molar-refractivity contribution in [3.8, 4) is 34.2 Å². The van der Waals surface area contributed by atoms with Gasteiger partial charge in [-0.25, -0.2) is 4.98 Å². The fourth-order valence-electron chi connectivity index (χ4n) is 4.23. The van der Waals surface area contributed by atoms with Gasteiger partial charge in [-0.2, -0.15) is 0 Å². The zero-order valence-electron chi connectivity index (χ0n) is 21.5. The van der Waals surface area contributed by atoms with Crippen LogP contribution in [-0.2, 0) is 4.79 Å². The van der Waals surface area contributed by atoms with Gasteiger partial charge in [-0.15, -0.1) is 6.58 Å². The number of benzene rings is 3. The van der Waals surface area contributed by atoms with Crippen LogP contribution in [0.3, 0.4) is 0 Å². The van der Waals surface area contributed by atoms with E-state index in [2.05, 4.69) is 11.9 Å². The molecule has 0 unspecified atom stereocenters. The Hall–Kier alpha value is -5.05. The Kier molecular flexibility index (Phi) is 7.58. The van der Waals surface area contributed by atoms with Gasteiger partial charge in [0.25, 0.3) is 5.91 Å². The second-order valence-electron chi connectivity index (χ2n) is 8.71. The van der Waals surface area contributed by atoms with Crippen LogP contribution < -0.4 is 19.5 Å². The predicted molar refractivity (Wildman–Crippen MR) is 147 cm³/mol. The Labute approximate surface area is 226 Å². The van der Waals surface area contributed by atoms with Crippen LogP contribution in [0.15, 0.2) is 91.6 Å². The molecule has 0 radical (unpaired) electrons. The molecule has 0 saturated carbocycles. The maximum absolute atomic E-state index is 13.3. The van der Waals surface area contributed by atoms with Crippen molar-refractivity contribution < 1.29 is 23.8 Å². The number of imidazole rings is 1. The smallest absolute Gasteiger partial charge is 0.254 e. The minimum atomic E-state index is -0.404. The maximum atomic E-state index is 13.3. The third-order valence-corrected chi connectivity index (χ3v) is 6.02. The van der Waals surface area contributed by atoms with E-state index in [4.69, 9.17) is 19.2 Å². The molecule has 39 heavy (non-hydrogen) atoms. The lowest BCUT2D eigenvalue weighted by molar-refractivity contribution is -0.116. The first-order chi connectivity index (χ1) is 19.1. The molecule has 2 amide bonds. The molecular formula is C30H28N4O5. The monoisotopic (exact) mass is 524 g/mol. The molecule has 0 atom stereocenters. The van der Waals surface area contributed by atoms with Crippen molar-refractivity contribution in [2.24, 2.45) is 0 Å². The predicted octanol–water partition coefficient (Wildman–Crippen LogP) is 4.93. The van der Waals surface area contributed by atoms with E-state index in [0.29, 0.717) is 41.1 Å². The number of aromatic nitrogens is 2. The van der Waals surface area contributed by atoms with E-state index < -0.39 is 5.91 Å². The zero-order valence-corrected chi connectivity index (χ0v) is 21.5. The molecule has 198 valence electrons. The van der Waals surface area contributed by atoms with Crippen LogP contribution in [-0.4, -0.2) is 52.8 Å². The van der Waals surface area contributed by atoms with Crippen molar-refractivity contribution in [2.75, 3.05) is 31.8 Å². The first-order valence-corrected chi connectivity index (χ1v) is 12.5. The molecule has 1 aromatic heterocycles. The third kappa shape index (κ3) is 5.77. The summed E-state index contributed by atoms with van der Waals surface area (Å²) in [5.41, 5.74) is 2.74. The van der Waals surface area contributed by atoms with Crippen molar-refractivity contribution in [3.05, 3.63) is 97.2 Å². The van der Waals surface area contributed by atoms with Crippen LogP contribution in [0.25, 0.3) is 16.9 Å². The van der Waals surface area contributed by atoms with Crippen molar-refractivity contribution in [1.29, 1.82) is 0 Å². The van der Waals surface area contributed by atoms with E-state index in [1.807, 2.05) is 67.7 Å². The molecule has 9 nitrogen and oxygen atoms in total. The van der Waals surface area contributed by atoms with Gasteiger partial charge in [0.1, 0.15) is 12.3 Å².